The molecule has 0 spiro atoms. The number of halogens is 1. The number of amides is 1. The van der Waals surface area contributed by atoms with Crippen molar-refractivity contribution >= 4 is 39.3 Å². The molecule has 1 amide bonds. The van der Waals surface area contributed by atoms with Crippen LogP contribution in [0.25, 0.3) is 0 Å². The van der Waals surface area contributed by atoms with Crippen LogP contribution in [0.4, 0.5) is 5.69 Å². The van der Waals surface area contributed by atoms with E-state index in [0.29, 0.717) is 15.3 Å². The molecule has 0 aliphatic heterocycles. The first-order chi connectivity index (χ1) is 13.0. The van der Waals surface area contributed by atoms with Crippen LogP contribution in [0.3, 0.4) is 0 Å². The maximum atomic E-state index is 12.6. The van der Waals surface area contributed by atoms with Crippen LogP contribution in [0.1, 0.15) is 34.1 Å². The summed E-state index contributed by atoms with van der Waals surface area (Å²) >= 11 is 4.89. The summed E-state index contributed by atoms with van der Waals surface area (Å²) in [6.07, 6.45) is 2.59. The highest BCUT2D eigenvalue weighted by molar-refractivity contribution is 9.10. The van der Waals surface area contributed by atoms with Gasteiger partial charge in [-0.15, -0.1) is 0 Å². The maximum Gasteiger partial charge on any atom is 0.275 e. The van der Waals surface area contributed by atoms with Crippen molar-refractivity contribution in [1.29, 1.82) is 0 Å². The zero-order chi connectivity index (χ0) is 19.2. The van der Waals surface area contributed by atoms with Crippen molar-refractivity contribution in [1.82, 2.24) is 9.97 Å². The first-order valence-corrected chi connectivity index (χ1v) is 10.4. The van der Waals surface area contributed by atoms with Crippen LogP contribution < -0.4 is 5.32 Å². The van der Waals surface area contributed by atoms with Crippen molar-refractivity contribution in [2.45, 2.75) is 31.2 Å². The van der Waals surface area contributed by atoms with Gasteiger partial charge in [0.25, 0.3) is 5.91 Å². The van der Waals surface area contributed by atoms with Gasteiger partial charge in [-0.05, 0) is 52.5 Å². The number of nitrogens with zero attached hydrogens (tertiary/aromatic N) is 2. The number of nitrogens with one attached hydrogen (secondary N) is 1. The lowest BCUT2D eigenvalue weighted by atomic mass is 10.1. The van der Waals surface area contributed by atoms with Gasteiger partial charge in [-0.3, -0.25) is 4.79 Å². The Morgan fingerprint density at radius 2 is 1.93 bits per heavy atom. The monoisotopic (exact) mass is 441 g/mol. The average Bonchev–Trinajstić information content (AvgIpc) is 2.68. The molecule has 0 radical (unpaired) electrons. The van der Waals surface area contributed by atoms with Gasteiger partial charge in [-0.1, -0.05) is 60.6 Å². The SMILES string of the molecule is CCc1ccc(NC(=O)c2nc(SCc3cccc(C)c3)ncc2Br)cc1. The molecule has 0 saturated carbocycles. The van der Waals surface area contributed by atoms with Crippen molar-refractivity contribution in [2.24, 2.45) is 0 Å². The highest BCUT2D eigenvalue weighted by atomic mass is 79.9. The van der Waals surface area contributed by atoms with Crippen molar-refractivity contribution in [3.8, 4) is 0 Å². The van der Waals surface area contributed by atoms with E-state index in [1.54, 1.807) is 6.20 Å². The van der Waals surface area contributed by atoms with Crippen LogP contribution in [0.2, 0.25) is 0 Å². The summed E-state index contributed by atoms with van der Waals surface area (Å²) in [7, 11) is 0. The Morgan fingerprint density at radius 1 is 1.15 bits per heavy atom. The average molecular weight is 442 g/mol. The number of carbonyl (C=O) groups excluding carboxylic acids is 1. The molecule has 3 aromatic rings. The quantitative estimate of drug-likeness (QED) is 0.396. The molecule has 1 heterocycles. The Balaban J connectivity index is 1.70. The van der Waals surface area contributed by atoms with Gasteiger partial charge in [0.1, 0.15) is 5.69 Å². The summed E-state index contributed by atoms with van der Waals surface area (Å²) in [5, 5.41) is 3.47. The van der Waals surface area contributed by atoms with Crippen LogP contribution >= 0.6 is 27.7 Å². The normalized spacial score (nSPS) is 10.6. The van der Waals surface area contributed by atoms with Crippen LogP contribution in [0, 0.1) is 6.92 Å². The van der Waals surface area contributed by atoms with Crippen LogP contribution in [0.15, 0.2) is 64.4 Å². The fourth-order valence-corrected chi connectivity index (χ4v) is 3.67. The van der Waals surface area contributed by atoms with Gasteiger partial charge in [-0.25, -0.2) is 9.97 Å². The van der Waals surface area contributed by atoms with E-state index < -0.39 is 0 Å². The molecule has 0 aliphatic carbocycles. The van der Waals surface area contributed by atoms with Gasteiger partial charge in [0.2, 0.25) is 0 Å². The minimum Gasteiger partial charge on any atom is -0.321 e. The van der Waals surface area contributed by atoms with Crippen molar-refractivity contribution < 1.29 is 4.79 Å². The largest absolute Gasteiger partial charge is 0.321 e. The predicted octanol–water partition coefficient (Wildman–Crippen LogP) is 5.65. The molecular weight excluding hydrogens is 422 g/mol. The van der Waals surface area contributed by atoms with Crippen LogP contribution in [-0.2, 0) is 12.2 Å². The predicted molar refractivity (Wildman–Crippen MR) is 114 cm³/mol. The molecule has 3 rings (SSSR count). The Morgan fingerprint density at radius 3 is 2.63 bits per heavy atom. The van der Waals surface area contributed by atoms with Gasteiger partial charge in [0.15, 0.2) is 5.16 Å². The number of aryl methyl sites for hydroxylation is 2. The number of rotatable bonds is 6. The second kappa shape index (κ2) is 9.15. The van der Waals surface area contributed by atoms with Crippen molar-refractivity contribution in [2.75, 3.05) is 5.32 Å². The number of anilines is 1. The smallest absolute Gasteiger partial charge is 0.275 e. The molecule has 6 heteroatoms. The minimum atomic E-state index is -0.258. The second-order valence-electron chi connectivity index (χ2n) is 6.13. The van der Waals surface area contributed by atoms with Crippen LogP contribution in [-0.4, -0.2) is 15.9 Å². The van der Waals surface area contributed by atoms with Gasteiger partial charge < -0.3 is 5.32 Å². The third-order valence-electron chi connectivity index (χ3n) is 4.01. The number of thioether (sulfide) groups is 1. The molecule has 0 fully saturated rings. The highest BCUT2D eigenvalue weighted by Gasteiger charge is 2.14. The molecule has 1 N–H and O–H groups in total. The lowest BCUT2D eigenvalue weighted by Gasteiger charge is -2.08. The summed E-state index contributed by atoms with van der Waals surface area (Å²) < 4.78 is 0.574. The Hall–Kier alpha value is -2.18. The molecule has 0 aliphatic rings. The van der Waals surface area contributed by atoms with E-state index in [-0.39, 0.29) is 5.91 Å². The third-order valence-corrected chi connectivity index (χ3v) is 5.52. The first kappa shape index (κ1) is 19.6. The third kappa shape index (κ3) is 5.40. The minimum absolute atomic E-state index is 0.258. The molecule has 4 nitrogen and oxygen atoms in total. The van der Waals surface area contributed by atoms with Gasteiger partial charge in [-0.2, -0.15) is 0 Å². The van der Waals surface area contributed by atoms with Gasteiger partial charge in [0.05, 0.1) is 4.47 Å². The van der Waals surface area contributed by atoms with E-state index in [9.17, 15) is 4.79 Å². The highest BCUT2D eigenvalue weighted by Crippen LogP contribution is 2.23. The fraction of sp³-hybridized carbons (Fsp3) is 0.190. The van der Waals surface area contributed by atoms with E-state index in [2.05, 4.69) is 63.3 Å². The molecule has 27 heavy (non-hydrogen) atoms. The van der Waals surface area contributed by atoms with E-state index in [0.717, 1.165) is 17.9 Å². The van der Waals surface area contributed by atoms with E-state index in [4.69, 9.17) is 0 Å². The molecule has 2 aromatic carbocycles. The number of hydrogen-bond acceptors (Lipinski definition) is 4. The molecule has 0 saturated heterocycles. The summed E-state index contributed by atoms with van der Waals surface area (Å²) in [6, 6.07) is 16.1. The number of hydrogen-bond donors (Lipinski definition) is 1. The topological polar surface area (TPSA) is 54.9 Å². The van der Waals surface area contributed by atoms with E-state index in [1.807, 2.05) is 30.3 Å². The Labute approximate surface area is 172 Å². The summed E-state index contributed by atoms with van der Waals surface area (Å²) in [4.78, 5) is 21.4. The molecular formula is C21H20BrN3OS. The summed E-state index contributed by atoms with van der Waals surface area (Å²) in [6.45, 7) is 4.17. The second-order valence-corrected chi connectivity index (χ2v) is 7.93. The lowest BCUT2D eigenvalue weighted by Crippen LogP contribution is -2.15. The van der Waals surface area contributed by atoms with Crippen LogP contribution in [0.5, 0.6) is 0 Å². The molecule has 0 atom stereocenters. The zero-order valence-corrected chi connectivity index (χ0v) is 17.6. The Bertz CT molecular complexity index is 944. The molecule has 138 valence electrons. The Kier molecular flexibility index (Phi) is 6.63. The van der Waals surface area contributed by atoms with E-state index in [1.165, 1.54) is 28.5 Å². The number of aromatic nitrogens is 2. The maximum absolute atomic E-state index is 12.6. The zero-order valence-electron chi connectivity index (χ0n) is 15.2. The molecule has 1 aromatic heterocycles. The van der Waals surface area contributed by atoms with Gasteiger partial charge in [0, 0.05) is 17.6 Å². The summed E-state index contributed by atoms with van der Waals surface area (Å²) in [5.41, 5.74) is 4.73. The van der Waals surface area contributed by atoms with Gasteiger partial charge >= 0.3 is 0 Å². The van der Waals surface area contributed by atoms with E-state index >= 15 is 0 Å². The first-order valence-electron chi connectivity index (χ1n) is 8.66. The number of carbonyl (C=O) groups is 1. The fourth-order valence-electron chi connectivity index (χ4n) is 2.54. The number of benzene rings is 2. The molecule has 0 bridgehead atoms. The molecule has 0 unspecified atom stereocenters. The van der Waals surface area contributed by atoms with Crippen molar-refractivity contribution in [3.63, 3.8) is 0 Å². The standard InChI is InChI=1S/C21H20BrN3OS/c1-3-15-7-9-17(10-8-15)24-20(26)19-18(22)12-23-21(25-19)27-13-16-6-4-5-14(2)11-16/h4-12H,3,13H2,1-2H3,(H,24,26). The summed E-state index contributed by atoms with van der Waals surface area (Å²) in [5.74, 6) is 0.494. The lowest BCUT2D eigenvalue weighted by molar-refractivity contribution is 0.102. The van der Waals surface area contributed by atoms with Crippen molar-refractivity contribution in [3.05, 3.63) is 81.6 Å².